The summed E-state index contributed by atoms with van der Waals surface area (Å²) in [6, 6.07) is 14.2. The highest BCUT2D eigenvalue weighted by molar-refractivity contribution is 5.93. The second-order valence-electron chi connectivity index (χ2n) is 6.44. The molecule has 0 unspecified atom stereocenters. The first-order chi connectivity index (χ1) is 12.2. The number of ketones is 1. The summed E-state index contributed by atoms with van der Waals surface area (Å²) in [4.78, 5) is 18.0. The molecule has 2 aromatic rings. The number of nitrogens with zero attached hydrogens (tertiary/aromatic N) is 2. The lowest BCUT2D eigenvalue weighted by Gasteiger charge is -2.24. The number of pyridine rings is 1. The van der Waals surface area contributed by atoms with Crippen molar-refractivity contribution in [1.82, 2.24) is 9.88 Å². The minimum atomic E-state index is 0.0303. The number of ether oxygens (including phenoxy) is 1. The molecule has 0 bridgehead atoms. The molecular formula is C20H25N3O2. The van der Waals surface area contributed by atoms with E-state index in [1.54, 1.807) is 19.2 Å². The molecule has 3 rings (SSSR count). The molecule has 132 valence electrons. The van der Waals surface area contributed by atoms with Crippen LogP contribution in [0.1, 0.15) is 29.3 Å². The molecule has 0 aliphatic carbocycles. The summed E-state index contributed by atoms with van der Waals surface area (Å²) in [5, 5.41) is 3.32. The SMILES string of the molecule is CC(=O)c1ccc(NC[C@@H]2CN(Cc3ccccc3)CCCO2)nc1. The fourth-order valence-electron chi connectivity index (χ4n) is 3.00. The van der Waals surface area contributed by atoms with Crippen molar-refractivity contribution in [2.24, 2.45) is 0 Å². The molecular weight excluding hydrogens is 314 g/mol. The van der Waals surface area contributed by atoms with Gasteiger partial charge in [-0.05, 0) is 31.0 Å². The topological polar surface area (TPSA) is 54.5 Å². The van der Waals surface area contributed by atoms with Gasteiger partial charge in [0.05, 0.1) is 6.10 Å². The van der Waals surface area contributed by atoms with Crippen LogP contribution in [0.25, 0.3) is 0 Å². The van der Waals surface area contributed by atoms with Gasteiger partial charge in [0.2, 0.25) is 0 Å². The van der Waals surface area contributed by atoms with E-state index in [0.717, 1.165) is 38.5 Å². The number of benzene rings is 1. The maximum absolute atomic E-state index is 11.3. The first-order valence-corrected chi connectivity index (χ1v) is 8.79. The second-order valence-corrected chi connectivity index (χ2v) is 6.44. The Balaban J connectivity index is 1.53. The molecule has 5 heteroatoms. The Morgan fingerprint density at radius 3 is 2.84 bits per heavy atom. The molecule has 1 saturated heterocycles. The summed E-state index contributed by atoms with van der Waals surface area (Å²) in [5.74, 6) is 0.801. The Morgan fingerprint density at radius 1 is 1.28 bits per heavy atom. The number of rotatable bonds is 6. The van der Waals surface area contributed by atoms with Crippen molar-refractivity contribution in [3.05, 3.63) is 59.8 Å². The highest BCUT2D eigenvalue weighted by Crippen LogP contribution is 2.12. The van der Waals surface area contributed by atoms with Gasteiger partial charge in [0.1, 0.15) is 5.82 Å². The van der Waals surface area contributed by atoms with Crippen molar-refractivity contribution in [3.63, 3.8) is 0 Å². The van der Waals surface area contributed by atoms with Gasteiger partial charge >= 0.3 is 0 Å². The summed E-state index contributed by atoms with van der Waals surface area (Å²) < 4.78 is 5.97. The predicted molar refractivity (Wildman–Crippen MR) is 98.8 cm³/mol. The number of carbonyl (C=O) groups excluding carboxylic acids is 1. The van der Waals surface area contributed by atoms with Crippen molar-refractivity contribution in [2.75, 3.05) is 31.6 Å². The average Bonchev–Trinajstić information content (AvgIpc) is 2.86. The number of nitrogens with one attached hydrogen (secondary N) is 1. The maximum Gasteiger partial charge on any atom is 0.161 e. The van der Waals surface area contributed by atoms with E-state index in [-0.39, 0.29) is 11.9 Å². The number of anilines is 1. The first-order valence-electron chi connectivity index (χ1n) is 8.79. The Morgan fingerprint density at radius 2 is 2.12 bits per heavy atom. The zero-order valence-corrected chi connectivity index (χ0v) is 14.6. The lowest BCUT2D eigenvalue weighted by molar-refractivity contribution is 0.0624. The van der Waals surface area contributed by atoms with Crippen LogP contribution in [0, 0.1) is 0 Å². The quantitative estimate of drug-likeness (QED) is 0.820. The summed E-state index contributed by atoms with van der Waals surface area (Å²) >= 11 is 0. The van der Waals surface area contributed by atoms with Crippen LogP contribution in [-0.4, -0.2) is 48.0 Å². The van der Waals surface area contributed by atoms with E-state index < -0.39 is 0 Å². The van der Waals surface area contributed by atoms with Gasteiger partial charge in [0, 0.05) is 44.5 Å². The van der Waals surface area contributed by atoms with E-state index in [2.05, 4.69) is 39.5 Å². The number of hydrogen-bond donors (Lipinski definition) is 1. The molecule has 2 heterocycles. The Bertz CT molecular complexity index is 673. The smallest absolute Gasteiger partial charge is 0.161 e. The van der Waals surface area contributed by atoms with Crippen LogP contribution in [0.5, 0.6) is 0 Å². The van der Waals surface area contributed by atoms with E-state index in [4.69, 9.17) is 4.74 Å². The zero-order chi connectivity index (χ0) is 17.5. The zero-order valence-electron chi connectivity index (χ0n) is 14.6. The van der Waals surface area contributed by atoms with Gasteiger partial charge in [0.25, 0.3) is 0 Å². The standard InChI is InChI=1S/C20H25N3O2/c1-16(24)18-8-9-20(21-12-18)22-13-19-15-23(10-5-11-25-19)14-17-6-3-2-4-7-17/h2-4,6-9,12,19H,5,10-11,13-15H2,1H3,(H,21,22)/t19-/m1/s1. The molecule has 25 heavy (non-hydrogen) atoms. The summed E-state index contributed by atoms with van der Waals surface area (Å²) in [6.45, 7) is 5.94. The molecule has 1 aromatic heterocycles. The molecule has 0 spiro atoms. The normalized spacial score (nSPS) is 18.5. The van der Waals surface area contributed by atoms with Gasteiger partial charge in [-0.1, -0.05) is 30.3 Å². The van der Waals surface area contributed by atoms with E-state index in [1.165, 1.54) is 5.56 Å². The second kappa shape index (κ2) is 8.74. The molecule has 1 atom stereocenters. The Kier molecular flexibility index (Phi) is 6.14. The number of aromatic nitrogens is 1. The van der Waals surface area contributed by atoms with Crippen LogP contribution >= 0.6 is 0 Å². The molecule has 0 radical (unpaired) electrons. The van der Waals surface area contributed by atoms with Crippen LogP contribution in [-0.2, 0) is 11.3 Å². The maximum atomic E-state index is 11.3. The molecule has 1 aliphatic heterocycles. The molecule has 5 nitrogen and oxygen atoms in total. The third kappa shape index (κ3) is 5.37. The Hall–Kier alpha value is -2.24. The molecule has 0 amide bonds. The molecule has 1 fully saturated rings. The van der Waals surface area contributed by atoms with Gasteiger partial charge in [-0.25, -0.2) is 4.98 Å². The van der Waals surface area contributed by atoms with E-state index in [0.29, 0.717) is 12.1 Å². The minimum absolute atomic E-state index is 0.0303. The van der Waals surface area contributed by atoms with Crippen LogP contribution in [0.3, 0.4) is 0 Å². The highest BCUT2D eigenvalue weighted by Gasteiger charge is 2.18. The van der Waals surface area contributed by atoms with Crippen molar-refractivity contribution in [3.8, 4) is 0 Å². The predicted octanol–water partition coefficient (Wildman–Crippen LogP) is 2.99. The van der Waals surface area contributed by atoms with Crippen LogP contribution < -0.4 is 5.32 Å². The number of carbonyl (C=O) groups is 1. The molecule has 1 N–H and O–H groups in total. The lowest BCUT2D eigenvalue weighted by atomic mass is 10.2. The third-order valence-corrected chi connectivity index (χ3v) is 4.36. The van der Waals surface area contributed by atoms with Crippen LogP contribution in [0.4, 0.5) is 5.82 Å². The monoisotopic (exact) mass is 339 g/mol. The van der Waals surface area contributed by atoms with Gasteiger partial charge < -0.3 is 10.1 Å². The summed E-state index contributed by atoms with van der Waals surface area (Å²) in [5.41, 5.74) is 1.96. The fraction of sp³-hybridized carbons (Fsp3) is 0.400. The van der Waals surface area contributed by atoms with Crippen molar-refractivity contribution >= 4 is 11.6 Å². The summed E-state index contributed by atoms with van der Waals surface area (Å²) in [7, 11) is 0. The van der Waals surface area contributed by atoms with Gasteiger partial charge in [-0.2, -0.15) is 0 Å². The Labute approximate surface area is 149 Å². The molecule has 1 aliphatic rings. The van der Waals surface area contributed by atoms with Gasteiger partial charge in [-0.3, -0.25) is 9.69 Å². The fourth-order valence-corrected chi connectivity index (χ4v) is 3.00. The first kappa shape index (κ1) is 17.6. The van der Waals surface area contributed by atoms with Crippen LogP contribution in [0.2, 0.25) is 0 Å². The average molecular weight is 339 g/mol. The molecule has 1 aromatic carbocycles. The van der Waals surface area contributed by atoms with Crippen LogP contribution in [0.15, 0.2) is 48.7 Å². The van der Waals surface area contributed by atoms with Gasteiger partial charge in [-0.15, -0.1) is 0 Å². The van der Waals surface area contributed by atoms with Crippen molar-refractivity contribution < 1.29 is 9.53 Å². The number of Topliss-reactive ketones (excluding diaryl/α,β-unsaturated/α-hetero) is 1. The molecule has 0 saturated carbocycles. The third-order valence-electron chi connectivity index (χ3n) is 4.36. The van der Waals surface area contributed by atoms with Gasteiger partial charge in [0.15, 0.2) is 5.78 Å². The highest BCUT2D eigenvalue weighted by atomic mass is 16.5. The van der Waals surface area contributed by atoms with Crippen molar-refractivity contribution in [2.45, 2.75) is 26.0 Å². The van der Waals surface area contributed by atoms with Crippen molar-refractivity contribution in [1.29, 1.82) is 0 Å². The van der Waals surface area contributed by atoms with E-state index in [9.17, 15) is 4.79 Å². The largest absolute Gasteiger partial charge is 0.375 e. The minimum Gasteiger partial charge on any atom is -0.375 e. The lowest BCUT2D eigenvalue weighted by Crippen LogP contribution is -2.35. The van der Waals surface area contributed by atoms with E-state index >= 15 is 0 Å². The number of hydrogen-bond acceptors (Lipinski definition) is 5. The van der Waals surface area contributed by atoms with E-state index in [1.807, 2.05) is 12.1 Å². The summed E-state index contributed by atoms with van der Waals surface area (Å²) in [6.07, 6.45) is 2.79.